The van der Waals surface area contributed by atoms with Gasteiger partial charge in [0.05, 0.1) is 25.2 Å². The Kier molecular flexibility index (Phi) is 4.71. The zero-order valence-electron chi connectivity index (χ0n) is 11.5. The van der Waals surface area contributed by atoms with Crippen LogP contribution in [0.25, 0.3) is 0 Å². The number of carboxylic acid groups (broad SMARTS) is 1. The zero-order valence-corrected chi connectivity index (χ0v) is 11.5. The number of methoxy groups -OCH3 is 1. The summed E-state index contributed by atoms with van der Waals surface area (Å²) in [5, 5.41) is 20.0. The minimum atomic E-state index is -0.973. The van der Waals surface area contributed by atoms with Gasteiger partial charge >= 0.3 is 5.97 Å². The molecule has 8 heteroatoms. The number of nitrogens with zero attached hydrogens (tertiary/aromatic N) is 2. The van der Waals surface area contributed by atoms with Crippen molar-refractivity contribution in [1.82, 2.24) is 4.90 Å². The number of nitro groups is 1. The van der Waals surface area contributed by atoms with Crippen LogP contribution >= 0.6 is 0 Å². The van der Waals surface area contributed by atoms with Crippen LogP contribution in [0.4, 0.5) is 5.69 Å². The summed E-state index contributed by atoms with van der Waals surface area (Å²) in [7, 11) is 1.47. The Labute approximate surface area is 121 Å². The van der Waals surface area contributed by atoms with E-state index >= 15 is 0 Å². The Balaban J connectivity index is 2.25. The number of aliphatic carboxylic acids is 1. The number of nitro benzene ring substituents is 1. The molecule has 21 heavy (non-hydrogen) atoms. The molecule has 1 aromatic rings. The van der Waals surface area contributed by atoms with Crippen molar-refractivity contribution in [3.8, 4) is 5.75 Å². The molecule has 1 unspecified atom stereocenters. The highest BCUT2D eigenvalue weighted by molar-refractivity contribution is 5.73. The molecule has 1 atom stereocenters. The van der Waals surface area contributed by atoms with E-state index in [1.165, 1.54) is 25.3 Å². The molecule has 0 saturated carbocycles. The number of carbonyl (C=O) groups is 1. The monoisotopic (exact) mass is 296 g/mol. The highest BCUT2D eigenvalue weighted by Gasteiger charge is 2.30. The minimum Gasteiger partial charge on any atom is -0.496 e. The molecule has 0 aliphatic carbocycles. The van der Waals surface area contributed by atoms with Gasteiger partial charge in [-0.25, -0.2) is 0 Å². The standard InChI is InChI=1S/C13H16N2O6/c1-20-12-3-2-10(15(18)19)6-9(12)7-14-4-5-21-8-11(14)13(16)17/h2-3,6,11H,4-5,7-8H2,1H3,(H,16,17). The summed E-state index contributed by atoms with van der Waals surface area (Å²) >= 11 is 0. The normalized spacial score (nSPS) is 19.2. The first-order valence-corrected chi connectivity index (χ1v) is 6.39. The second-order valence-corrected chi connectivity index (χ2v) is 4.65. The van der Waals surface area contributed by atoms with Crippen LogP contribution in [0.15, 0.2) is 18.2 Å². The fourth-order valence-electron chi connectivity index (χ4n) is 2.28. The quantitative estimate of drug-likeness (QED) is 0.635. The predicted molar refractivity (Wildman–Crippen MR) is 72.3 cm³/mol. The maximum atomic E-state index is 11.2. The first-order valence-electron chi connectivity index (χ1n) is 6.39. The highest BCUT2D eigenvalue weighted by Crippen LogP contribution is 2.26. The summed E-state index contributed by atoms with van der Waals surface area (Å²) < 4.78 is 10.4. The molecular formula is C13H16N2O6. The number of non-ortho nitro benzene ring substituents is 1. The van der Waals surface area contributed by atoms with Crippen molar-refractivity contribution in [1.29, 1.82) is 0 Å². The fraction of sp³-hybridized carbons (Fsp3) is 0.462. The molecule has 1 aliphatic rings. The molecule has 8 nitrogen and oxygen atoms in total. The Morgan fingerprint density at radius 2 is 2.38 bits per heavy atom. The second kappa shape index (κ2) is 6.51. The SMILES string of the molecule is COc1ccc([N+](=O)[O-])cc1CN1CCOCC1C(=O)O. The number of hydrogen-bond acceptors (Lipinski definition) is 6. The molecule has 114 valence electrons. The Morgan fingerprint density at radius 3 is 3.00 bits per heavy atom. The van der Waals surface area contributed by atoms with Crippen molar-refractivity contribution in [3.63, 3.8) is 0 Å². The molecule has 0 spiro atoms. The molecule has 1 heterocycles. The van der Waals surface area contributed by atoms with E-state index in [0.717, 1.165) is 0 Å². The van der Waals surface area contributed by atoms with E-state index < -0.39 is 16.9 Å². The van der Waals surface area contributed by atoms with E-state index in [0.29, 0.717) is 24.5 Å². The van der Waals surface area contributed by atoms with Gasteiger partial charge in [-0.2, -0.15) is 0 Å². The van der Waals surface area contributed by atoms with Gasteiger partial charge in [0, 0.05) is 30.8 Å². The lowest BCUT2D eigenvalue weighted by atomic mass is 10.1. The summed E-state index contributed by atoms with van der Waals surface area (Å²) in [5.41, 5.74) is 0.533. The zero-order chi connectivity index (χ0) is 15.4. The van der Waals surface area contributed by atoms with E-state index in [9.17, 15) is 20.0 Å². The Hall–Kier alpha value is -2.19. The van der Waals surface area contributed by atoms with Crippen LogP contribution in [0, 0.1) is 10.1 Å². The van der Waals surface area contributed by atoms with Gasteiger partial charge in [-0.1, -0.05) is 0 Å². The van der Waals surface area contributed by atoms with Crippen molar-refractivity contribution in [2.75, 3.05) is 26.9 Å². The second-order valence-electron chi connectivity index (χ2n) is 4.65. The molecule has 1 aromatic carbocycles. The van der Waals surface area contributed by atoms with E-state index in [-0.39, 0.29) is 18.8 Å². The smallest absolute Gasteiger partial charge is 0.323 e. The molecular weight excluding hydrogens is 280 g/mol. The van der Waals surface area contributed by atoms with Gasteiger partial charge in [-0.3, -0.25) is 19.8 Å². The number of morpholine rings is 1. The third-order valence-corrected chi connectivity index (χ3v) is 3.37. The average Bonchev–Trinajstić information content (AvgIpc) is 2.47. The molecule has 1 saturated heterocycles. The van der Waals surface area contributed by atoms with Crippen molar-refractivity contribution < 1.29 is 24.3 Å². The van der Waals surface area contributed by atoms with Crippen molar-refractivity contribution in [2.45, 2.75) is 12.6 Å². The van der Waals surface area contributed by atoms with Crippen LogP contribution in [0.3, 0.4) is 0 Å². The molecule has 0 radical (unpaired) electrons. The van der Waals surface area contributed by atoms with Gasteiger partial charge in [0.1, 0.15) is 11.8 Å². The van der Waals surface area contributed by atoms with Crippen molar-refractivity contribution in [2.24, 2.45) is 0 Å². The summed E-state index contributed by atoms with van der Waals surface area (Å²) in [6.07, 6.45) is 0. The van der Waals surface area contributed by atoms with Crippen LogP contribution in [-0.2, 0) is 16.1 Å². The molecule has 0 amide bonds. The summed E-state index contributed by atoms with van der Waals surface area (Å²) in [5.74, 6) is -0.477. The van der Waals surface area contributed by atoms with Gasteiger partial charge in [0.25, 0.3) is 5.69 Å². The van der Waals surface area contributed by atoms with Crippen LogP contribution < -0.4 is 4.74 Å². The molecule has 1 aliphatic heterocycles. The maximum absolute atomic E-state index is 11.2. The third kappa shape index (κ3) is 3.47. The van der Waals surface area contributed by atoms with E-state index in [1.54, 1.807) is 4.90 Å². The maximum Gasteiger partial charge on any atom is 0.323 e. The van der Waals surface area contributed by atoms with Gasteiger partial charge < -0.3 is 14.6 Å². The van der Waals surface area contributed by atoms with Gasteiger partial charge in [0.15, 0.2) is 0 Å². The van der Waals surface area contributed by atoms with Crippen molar-refractivity contribution in [3.05, 3.63) is 33.9 Å². The molecule has 1 fully saturated rings. The molecule has 0 bridgehead atoms. The first-order chi connectivity index (χ1) is 10.0. The lowest BCUT2D eigenvalue weighted by Crippen LogP contribution is -2.49. The predicted octanol–water partition coefficient (Wildman–Crippen LogP) is 0.889. The molecule has 1 N–H and O–H groups in total. The minimum absolute atomic E-state index is 0.0501. The van der Waals surface area contributed by atoms with E-state index in [1.807, 2.05) is 0 Å². The van der Waals surface area contributed by atoms with Crippen LogP contribution in [-0.4, -0.2) is 53.8 Å². The number of rotatable bonds is 5. The average molecular weight is 296 g/mol. The van der Waals surface area contributed by atoms with E-state index in [4.69, 9.17) is 9.47 Å². The van der Waals surface area contributed by atoms with Crippen LogP contribution in [0.2, 0.25) is 0 Å². The number of hydrogen-bond donors (Lipinski definition) is 1. The summed E-state index contributed by atoms with van der Waals surface area (Å²) in [6, 6.07) is 3.52. The number of ether oxygens (including phenoxy) is 2. The topological polar surface area (TPSA) is 102 Å². The highest BCUT2D eigenvalue weighted by atomic mass is 16.6. The van der Waals surface area contributed by atoms with Crippen LogP contribution in [0.1, 0.15) is 5.56 Å². The third-order valence-electron chi connectivity index (χ3n) is 3.37. The fourth-order valence-corrected chi connectivity index (χ4v) is 2.28. The van der Waals surface area contributed by atoms with Gasteiger partial charge in [0.2, 0.25) is 0 Å². The molecule has 2 rings (SSSR count). The van der Waals surface area contributed by atoms with Gasteiger partial charge in [-0.05, 0) is 6.07 Å². The largest absolute Gasteiger partial charge is 0.496 e. The first kappa shape index (κ1) is 15.2. The summed E-state index contributed by atoms with van der Waals surface area (Å²) in [4.78, 5) is 23.3. The number of benzene rings is 1. The lowest BCUT2D eigenvalue weighted by molar-refractivity contribution is -0.385. The lowest BCUT2D eigenvalue weighted by Gasteiger charge is -2.32. The number of carboxylic acids is 1. The Bertz CT molecular complexity index is 547. The Morgan fingerprint density at radius 1 is 1.62 bits per heavy atom. The summed E-state index contributed by atoms with van der Waals surface area (Å²) in [6.45, 7) is 1.24. The van der Waals surface area contributed by atoms with Gasteiger partial charge in [-0.15, -0.1) is 0 Å². The molecule has 0 aromatic heterocycles. The van der Waals surface area contributed by atoms with E-state index in [2.05, 4.69) is 0 Å². The van der Waals surface area contributed by atoms with Crippen molar-refractivity contribution >= 4 is 11.7 Å². The van der Waals surface area contributed by atoms with Crippen LogP contribution in [0.5, 0.6) is 5.75 Å².